The van der Waals surface area contributed by atoms with Crippen LogP contribution in [-0.4, -0.2) is 10.9 Å². The van der Waals surface area contributed by atoms with Gasteiger partial charge in [-0.25, -0.2) is 0 Å². The third-order valence-electron chi connectivity index (χ3n) is 3.03. The summed E-state index contributed by atoms with van der Waals surface area (Å²) in [6.45, 7) is 0.404. The molecule has 0 saturated carbocycles. The molecule has 1 amide bonds. The first-order valence-electron chi connectivity index (χ1n) is 6.17. The van der Waals surface area contributed by atoms with Crippen molar-refractivity contribution in [3.63, 3.8) is 0 Å². The van der Waals surface area contributed by atoms with Gasteiger partial charge in [-0.3, -0.25) is 9.59 Å². The van der Waals surface area contributed by atoms with Gasteiger partial charge >= 0.3 is 0 Å². The Morgan fingerprint density at radius 2 is 2.00 bits per heavy atom. The van der Waals surface area contributed by atoms with Crippen molar-refractivity contribution in [3.05, 3.63) is 69.3 Å². The van der Waals surface area contributed by atoms with Gasteiger partial charge in [-0.05, 0) is 17.0 Å². The summed E-state index contributed by atoms with van der Waals surface area (Å²) in [5.41, 5.74) is 1.68. The predicted octanol–water partition coefficient (Wildman–Crippen LogP) is 2.52. The molecular formula is C15H12N2O2S. The lowest BCUT2D eigenvalue weighted by molar-refractivity contribution is 0.0949. The van der Waals surface area contributed by atoms with E-state index in [1.807, 2.05) is 41.8 Å². The second kappa shape index (κ2) is 5.30. The second-order valence-corrected chi connectivity index (χ2v) is 5.28. The summed E-state index contributed by atoms with van der Waals surface area (Å²) in [7, 11) is 0. The van der Waals surface area contributed by atoms with Gasteiger partial charge < -0.3 is 10.3 Å². The fourth-order valence-corrected chi connectivity index (χ4v) is 2.79. The van der Waals surface area contributed by atoms with Crippen LogP contribution in [0.15, 0.2) is 52.8 Å². The van der Waals surface area contributed by atoms with Crippen LogP contribution in [0, 0.1) is 0 Å². The van der Waals surface area contributed by atoms with Crippen molar-refractivity contribution in [1.82, 2.24) is 10.3 Å². The van der Waals surface area contributed by atoms with E-state index in [2.05, 4.69) is 10.3 Å². The molecule has 3 aromatic rings. The number of H-pyrrole nitrogens is 1. The van der Waals surface area contributed by atoms with Crippen LogP contribution in [0.5, 0.6) is 0 Å². The molecule has 20 heavy (non-hydrogen) atoms. The first kappa shape index (κ1) is 12.6. The Morgan fingerprint density at radius 3 is 2.80 bits per heavy atom. The van der Waals surface area contributed by atoms with Crippen molar-refractivity contribution in [2.24, 2.45) is 0 Å². The van der Waals surface area contributed by atoms with E-state index in [0.29, 0.717) is 11.2 Å². The standard InChI is InChI=1S/C15H12N2O2S/c18-13-11(9-16-12-6-7-20-14(12)13)15(19)17-8-10-4-2-1-3-5-10/h1-7,9H,8H2,(H,16,18)(H,17,19). The van der Waals surface area contributed by atoms with Crippen molar-refractivity contribution in [2.75, 3.05) is 0 Å². The lowest BCUT2D eigenvalue weighted by Gasteiger charge is -2.05. The van der Waals surface area contributed by atoms with Crippen LogP contribution in [0.4, 0.5) is 0 Å². The molecule has 2 aromatic heterocycles. The highest BCUT2D eigenvalue weighted by Crippen LogP contribution is 2.14. The quantitative estimate of drug-likeness (QED) is 0.776. The van der Waals surface area contributed by atoms with Gasteiger partial charge in [-0.2, -0.15) is 0 Å². The fraction of sp³-hybridized carbons (Fsp3) is 0.0667. The van der Waals surface area contributed by atoms with Crippen molar-refractivity contribution in [3.8, 4) is 0 Å². The van der Waals surface area contributed by atoms with Crippen molar-refractivity contribution in [1.29, 1.82) is 0 Å². The number of thiophene rings is 1. The van der Waals surface area contributed by atoms with Crippen molar-refractivity contribution in [2.45, 2.75) is 6.54 Å². The highest BCUT2D eigenvalue weighted by atomic mass is 32.1. The molecule has 0 aliphatic carbocycles. The Bertz CT molecular complexity index is 805. The topological polar surface area (TPSA) is 62.0 Å². The van der Waals surface area contributed by atoms with E-state index < -0.39 is 0 Å². The molecule has 4 nitrogen and oxygen atoms in total. The van der Waals surface area contributed by atoms with E-state index in [1.165, 1.54) is 17.5 Å². The third kappa shape index (κ3) is 2.35. The zero-order valence-electron chi connectivity index (χ0n) is 10.6. The molecule has 0 aliphatic rings. The van der Waals surface area contributed by atoms with E-state index in [1.54, 1.807) is 0 Å². The second-order valence-electron chi connectivity index (χ2n) is 4.36. The zero-order chi connectivity index (χ0) is 13.9. The van der Waals surface area contributed by atoms with E-state index >= 15 is 0 Å². The molecule has 100 valence electrons. The molecule has 0 saturated heterocycles. The Morgan fingerprint density at radius 1 is 1.20 bits per heavy atom. The number of nitrogens with one attached hydrogen (secondary N) is 2. The van der Waals surface area contributed by atoms with E-state index in [4.69, 9.17) is 0 Å². The SMILES string of the molecule is O=C(NCc1ccccc1)c1c[nH]c2ccsc2c1=O. The van der Waals surface area contributed by atoms with Crippen LogP contribution in [0.2, 0.25) is 0 Å². The molecule has 1 aromatic carbocycles. The maximum atomic E-state index is 12.2. The number of hydrogen-bond acceptors (Lipinski definition) is 3. The summed E-state index contributed by atoms with van der Waals surface area (Å²) >= 11 is 1.34. The van der Waals surface area contributed by atoms with Crippen LogP contribution in [0.25, 0.3) is 10.2 Å². The number of fused-ring (bicyclic) bond motifs is 1. The molecule has 2 N–H and O–H groups in total. The summed E-state index contributed by atoms with van der Waals surface area (Å²) in [6, 6.07) is 11.4. The van der Waals surface area contributed by atoms with Crippen molar-refractivity contribution < 1.29 is 4.79 Å². The van der Waals surface area contributed by atoms with Gasteiger partial charge in [0.25, 0.3) is 5.91 Å². The molecule has 2 heterocycles. The van der Waals surface area contributed by atoms with E-state index in [9.17, 15) is 9.59 Å². The summed E-state index contributed by atoms with van der Waals surface area (Å²) in [6.07, 6.45) is 1.47. The average molecular weight is 284 g/mol. The van der Waals surface area contributed by atoms with Crippen LogP contribution >= 0.6 is 11.3 Å². The van der Waals surface area contributed by atoms with Gasteiger partial charge in [0.1, 0.15) is 5.56 Å². The minimum Gasteiger partial charge on any atom is -0.359 e. The molecule has 0 aliphatic heterocycles. The molecule has 0 fully saturated rings. The Hall–Kier alpha value is -2.40. The minimum atomic E-state index is -0.356. The number of pyridine rings is 1. The molecule has 3 rings (SSSR count). The summed E-state index contributed by atoms with van der Waals surface area (Å²) in [4.78, 5) is 27.2. The van der Waals surface area contributed by atoms with Gasteiger partial charge in [-0.15, -0.1) is 11.3 Å². The van der Waals surface area contributed by atoms with Gasteiger partial charge in [0, 0.05) is 12.7 Å². The monoisotopic (exact) mass is 284 g/mol. The Labute approximate surface area is 119 Å². The number of amides is 1. The molecule has 5 heteroatoms. The summed E-state index contributed by atoms with van der Waals surface area (Å²) in [5, 5.41) is 4.59. The fourth-order valence-electron chi connectivity index (χ4n) is 1.98. The van der Waals surface area contributed by atoms with E-state index in [0.717, 1.165) is 11.1 Å². The molecule has 0 radical (unpaired) electrons. The first-order valence-corrected chi connectivity index (χ1v) is 7.04. The number of aromatic nitrogens is 1. The molecule has 0 atom stereocenters. The smallest absolute Gasteiger partial charge is 0.257 e. The van der Waals surface area contributed by atoms with Gasteiger partial charge in [0.05, 0.1) is 10.2 Å². The van der Waals surface area contributed by atoms with Crippen LogP contribution in [0.3, 0.4) is 0 Å². The Balaban J connectivity index is 1.82. The maximum Gasteiger partial charge on any atom is 0.257 e. The highest BCUT2D eigenvalue weighted by molar-refractivity contribution is 7.17. The summed E-state index contributed by atoms with van der Waals surface area (Å²) < 4.78 is 0.581. The van der Waals surface area contributed by atoms with E-state index in [-0.39, 0.29) is 16.9 Å². The summed E-state index contributed by atoms with van der Waals surface area (Å²) in [5.74, 6) is -0.356. The lowest BCUT2D eigenvalue weighted by atomic mass is 10.2. The van der Waals surface area contributed by atoms with Crippen LogP contribution < -0.4 is 10.7 Å². The number of benzene rings is 1. The normalized spacial score (nSPS) is 10.6. The predicted molar refractivity (Wildman–Crippen MR) is 80.1 cm³/mol. The van der Waals surface area contributed by atoms with Crippen LogP contribution in [-0.2, 0) is 6.54 Å². The lowest BCUT2D eigenvalue weighted by Crippen LogP contribution is -2.28. The van der Waals surface area contributed by atoms with Crippen LogP contribution in [0.1, 0.15) is 15.9 Å². The number of carbonyl (C=O) groups is 1. The molecule has 0 bridgehead atoms. The highest BCUT2D eigenvalue weighted by Gasteiger charge is 2.13. The molecule has 0 unspecified atom stereocenters. The first-order chi connectivity index (χ1) is 9.75. The number of hydrogen-bond donors (Lipinski definition) is 2. The largest absolute Gasteiger partial charge is 0.359 e. The molecule has 0 spiro atoms. The Kier molecular flexibility index (Phi) is 3.35. The number of carbonyl (C=O) groups excluding carboxylic acids is 1. The number of aromatic amines is 1. The minimum absolute atomic E-state index is 0.149. The molecular weight excluding hydrogens is 272 g/mol. The maximum absolute atomic E-state index is 12.2. The van der Waals surface area contributed by atoms with Crippen molar-refractivity contribution >= 4 is 27.5 Å². The van der Waals surface area contributed by atoms with Gasteiger partial charge in [-0.1, -0.05) is 30.3 Å². The van der Waals surface area contributed by atoms with Gasteiger partial charge in [0.2, 0.25) is 5.43 Å². The van der Waals surface area contributed by atoms with Gasteiger partial charge in [0.15, 0.2) is 0 Å². The third-order valence-corrected chi connectivity index (χ3v) is 3.94. The zero-order valence-corrected chi connectivity index (χ0v) is 11.4. The number of rotatable bonds is 3. The average Bonchev–Trinajstić information content (AvgIpc) is 2.96.